The van der Waals surface area contributed by atoms with Gasteiger partial charge in [-0.05, 0) is 14.1 Å². The summed E-state index contributed by atoms with van der Waals surface area (Å²) in [6.45, 7) is -0.0379. The van der Waals surface area contributed by atoms with Crippen molar-refractivity contribution in [2.24, 2.45) is 0 Å². The molecule has 14 heavy (non-hydrogen) atoms. The van der Waals surface area contributed by atoms with Crippen LogP contribution in [-0.4, -0.2) is 56.7 Å². The van der Waals surface area contributed by atoms with Crippen molar-refractivity contribution in [3.63, 3.8) is 0 Å². The van der Waals surface area contributed by atoms with E-state index in [4.69, 9.17) is 0 Å². The predicted molar refractivity (Wildman–Crippen MR) is 50.3 cm³/mol. The average molecular weight is 200 g/mol. The fourth-order valence-electron chi connectivity index (χ4n) is 0.719. The van der Waals surface area contributed by atoms with Gasteiger partial charge in [0.05, 0.1) is 19.6 Å². The molecule has 0 aliphatic carbocycles. The molecule has 0 aromatic rings. The molecule has 0 saturated heterocycles. The maximum Gasteiger partial charge on any atom is 0.239 e. The number of carbonyl (C=O) groups excluding carboxylic acids is 3. The van der Waals surface area contributed by atoms with E-state index in [2.05, 4.69) is 10.6 Å². The van der Waals surface area contributed by atoms with Gasteiger partial charge in [0.1, 0.15) is 0 Å². The van der Waals surface area contributed by atoms with E-state index < -0.39 is 5.91 Å². The second kappa shape index (κ2) is 7.02. The molecule has 0 saturated carbocycles. The van der Waals surface area contributed by atoms with E-state index in [1.165, 1.54) is 6.29 Å². The van der Waals surface area contributed by atoms with Gasteiger partial charge in [0.25, 0.3) is 0 Å². The molecule has 0 unspecified atom stereocenters. The molecule has 6 nitrogen and oxygen atoms in total. The van der Waals surface area contributed by atoms with E-state index in [0.29, 0.717) is 0 Å². The third kappa shape index (κ3) is 7.23. The zero-order valence-electron chi connectivity index (χ0n) is 8.29. The lowest BCUT2D eigenvalue weighted by atomic mass is 10.5. The normalized spacial score (nSPS) is 9.64. The second-order valence-corrected chi connectivity index (χ2v) is 2.94. The Bertz CT molecular complexity index is 216. The third-order valence-corrected chi connectivity index (χ3v) is 1.26. The molecule has 0 aromatic heterocycles. The van der Waals surface area contributed by atoms with Crippen LogP contribution in [0.4, 0.5) is 0 Å². The molecular formula is C8H14N3O3. The predicted octanol–water partition coefficient (Wildman–Crippen LogP) is -2.11. The van der Waals surface area contributed by atoms with Crippen LogP contribution in [0.15, 0.2) is 0 Å². The summed E-state index contributed by atoms with van der Waals surface area (Å²) in [6, 6.07) is 0. The van der Waals surface area contributed by atoms with Crippen LogP contribution in [0, 0.1) is 0 Å². The van der Waals surface area contributed by atoms with Gasteiger partial charge in [-0.15, -0.1) is 0 Å². The van der Waals surface area contributed by atoms with E-state index in [-0.39, 0.29) is 25.5 Å². The summed E-state index contributed by atoms with van der Waals surface area (Å²) in [7, 11) is 3.50. The molecule has 0 aromatic carbocycles. The van der Waals surface area contributed by atoms with Crippen molar-refractivity contribution >= 4 is 18.1 Å². The van der Waals surface area contributed by atoms with E-state index in [0.717, 1.165) is 0 Å². The van der Waals surface area contributed by atoms with Crippen LogP contribution in [0.25, 0.3) is 0 Å². The van der Waals surface area contributed by atoms with Gasteiger partial charge in [0.15, 0.2) is 0 Å². The van der Waals surface area contributed by atoms with Gasteiger partial charge in [-0.1, -0.05) is 0 Å². The van der Waals surface area contributed by atoms with Crippen molar-refractivity contribution < 1.29 is 14.4 Å². The van der Waals surface area contributed by atoms with E-state index >= 15 is 0 Å². The molecule has 0 rings (SSSR count). The summed E-state index contributed by atoms with van der Waals surface area (Å²) in [4.78, 5) is 33.3. The van der Waals surface area contributed by atoms with Crippen molar-refractivity contribution in [3.05, 3.63) is 0 Å². The first kappa shape index (κ1) is 12.6. The Morgan fingerprint density at radius 2 is 1.86 bits per heavy atom. The lowest BCUT2D eigenvalue weighted by Crippen LogP contribution is -2.40. The highest BCUT2D eigenvalue weighted by Crippen LogP contribution is 1.73. The van der Waals surface area contributed by atoms with Gasteiger partial charge in [0.2, 0.25) is 18.1 Å². The minimum Gasteiger partial charge on any atom is -0.347 e. The van der Waals surface area contributed by atoms with Gasteiger partial charge in [-0.2, -0.15) is 0 Å². The topological polar surface area (TPSA) is 78.5 Å². The second-order valence-electron chi connectivity index (χ2n) is 2.94. The summed E-state index contributed by atoms with van der Waals surface area (Å²) >= 11 is 0. The Balaban J connectivity index is 3.55. The lowest BCUT2D eigenvalue weighted by Gasteiger charge is -2.09. The number of hydrogen-bond donors (Lipinski definition) is 2. The van der Waals surface area contributed by atoms with Crippen molar-refractivity contribution in [2.45, 2.75) is 0 Å². The molecule has 0 bridgehead atoms. The monoisotopic (exact) mass is 200 g/mol. The minimum atomic E-state index is -0.402. The first-order chi connectivity index (χ1) is 6.56. The SMILES string of the molecule is CN(C)CC(=O)NCC(=O)NC[C]=O. The fraction of sp³-hybridized carbons (Fsp3) is 0.625. The highest BCUT2D eigenvalue weighted by Gasteiger charge is 2.05. The molecule has 0 fully saturated rings. The van der Waals surface area contributed by atoms with Crippen molar-refractivity contribution in [1.29, 1.82) is 0 Å². The maximum atomic E-state index is 11.0. The van der Waals surface area contributed by atoms with Crippen LogP contribution < -0.4 is 10.6 Å². The summed E-state index contributed by atoms with van der Waals surface area (Å²) in [6.07, 6.45) is 1.52. The Morgan fingerprint density at radius 1 is 1.21 bits per heavy atom. The van der Waals surface area contributed by atoms with Crippen LogP contribution in [0.2, 0.25) is 0 Å². The first-order valence-electron chi connectivity index (χ1n) is 4.09. The molecule has 2 amide bonds. The van der Waals surface area contributed by atoms with E-state index in [1.807, 2.05) is 0 Å². The van der Waals surface area contributed by atoms with Crippen molar-refractivity contribution in [1.82, 2.24) is 15.5 Å². The highest BCUT2D eigenvalue weighted by atomic mass is 16.2. The number of rotatable bonds is 6. The smallest absolute Gasteiger partial charge is 0.239 e. The quantitative estimate of drug-likeness (QED) is 0.514. The van der Waals surface area contributed by atoms with Crippen molar-refractivity contribution in [2.75, 3.05) is 33.7 Å². The number of carbonyl (C=O) groups is 2. The molecule has 0 aliphatic rings. The van der Waals surface area contributed by atoms with Gasteiger partial charge in [-0.25, -0.2) is 0 Å². The molecule has 0 atom stereocenters. The van der Waals surface area contributed by atoms with Gasteiger partial charge in [0, 0.05) is 0 Å². The summed E-state index contributed by atoms with van der Waals surface area (Å²) in [5.74, 6) is -0.638. The Kier molecular flexibility index (Phi) is 6.30. The van der Waals surface area contributed by atoms with Gasteiger partial charge in [-0.3, -0.25) is 14.4 Å². The Morgan fingerprint density at radius 3 is 2.36 bits per heavy atom. The molecule has 0 spiro atoms. The molecule has 0 heterocycles. The van der Waals surface area contributed by atoms with E-state index in [1.54, 1.807) is 19.0 Å². The highest BCUT2D eigenvalue weighted by molar-refractivity contribution is 5.86. The number of nitrogens with zero attached hydrogens (tertiary/aromatic N) is 1. The van der Waals surface area contributed by atoms with Crippen LogP contribution in [-0.2, 0) is 14.4 Å². The summed E-state index contributed by atoms with van der Waals surface area (Å²) in [5.41, 5.74) is 0. The number of hydrogen-bond acceptors (Lipinski definition) is 4. The number of amides is 2. The Hall–Kier alpha value is -1.43. The molecule has 6 heteroatoms. The van der Waals surface area contributed by atoms with E-state index in [9.17, 15) is 14.4 Å². The summed E-state index contributed by atoms with van der Waals surface area (Å²) < 4.78 is 0. The fourth-order valence-corrected chi connectivity index (χ4v) is 0.719. The minimum absolute atomic E-state index is 0.117. The largest absolute Gasteiger partial charge is 0.347 e. The van der Waals surface area contributed by atoms with Crippen LogP contribution in [0.5, 0.6) is 0 Å². The molecular weight excluding hydrogens is 186 g/mol. The maximum absolute atomic E-state index is 11.0. The van der Waals surface area contributed by atoms with Crippen LogP contribution in [0.1, 0.15) is 0 Å². The van der Waals surface area contributed by atoms with Crippen LogP contribution in [0.3, 0.4) is 0 Å². The molecule has 1 radical (unpaired) electrons. The zero-order chi connectivity index (χ0) is 11.0. The third-order valence-electron chi connectivity index (χ3n) is 1.26. The first-order valence-corrected chi connectivity index (χ1v) is 4.09. The number of likely N-dealkylation sites (N-methyl/N-ethyl adjacent to an activating group) is 1. The lowest BCUT2D eigenvalue weighted by molar-refractivity contribution is -0.126. The zero-order valence-corrected chi connectivity index (χ0v) is 8.29. The molecule has 0 aliphatic heterocycles. The molecule has 79 valence electrons. The summed E-state index contributed by atoms with van der Waals surface area (Å²) in [5, 5.41) is 4.65. The Labute approximate surface area is 82.6 Å². The van der Waals surface area contributed by atoms with Gasteiger partial charge < -0.3 is 15.5 Å². The number of nitrogens with one attached hydrogen (secondary N) is 2. The van der Waals surface area contributed by atoms with Gasteiger partial charge >= 0.3 is 0 Å². The molecule has 2 N–H and O–H groups in total. The van der Waals surface area contributed by atoms with Crippen molar-refractivity contribution in [3.8, 4) is 0 Å². The average Bonchev–Trinajstić information content (AvgIpc) is 2.10. The standard InChI is InChI=1S/C8H14N3O3/c1-11(2)6-8(14)10-5-7(13)9-3-4-12/h3,5-6H2,1-2H3,(H,9,13)(H,10,14). The van der Waals surface area contributed by atoms with Crippen LogP contribution >= 0.6 is 0 Å².